The first-order chi connectivity index (χ1) is 6.13. The lowest BCUT2D eigenvalue weighted by Crippen LogP contribution is -1.89. The Labute approximate surface area is 73.3 Å². The van der Waals surface area contributed by atoms with Crippen LogP contribution in [-0.4, -0.2) is 9.55 Å². The summed E-state index contributed by atoms with van der Waals surface area (Å²) in [4.78, 5) is 4.19. The van der Waals surface area contributed by atoms with Gasteiger partial charge in [-0.2, -0.15) is 0 Å². The summed E-state index contributed by atoms with van der Waals surface area (Å²) in [5.41, 5.74) is 3.02. The van der Waals surface area contributed by atoms with Gasteiger partial charge >= 0.3 is 0 Å². The van der Waals surface area contributed by atoms with E-state index in [1.807, 2.05) is 31.5 Å². The highest BCUT2D eigenvalue weighted by Gasteiger charge is 2.03. The Bertz CT molecular complexity index is 471. The van der Waals surface area contributed by atoms with E-state index in [1.165, 1.54) is 0 Å². The molecular formula is C10H12N2. The van der Waals surface area contributed by atoms with Crippen LogP contribution in [0.5, 0.6) is 0 Å². The van der Waals surface area contributed by atoms with Gasteiger partial charge in [0.2, 0.25) is 0 Å². The summed E-state index contributed by atoms with van der Waals surface area (Å²) >= 11 is 0. The molecular weight excluding hydrogens is 148 g/mol. The summed E-state index contributed by atoms with van der Waals surface area (Å²) in [5, 5.41) is 0.975. The summed E-state index contributed by atoms with van der Waals surface area (Å²) in [6.07, 6.45) is 1.79. The van der Waals surface area contributed by atoms with E-state index in [1.54, 1.807) is 6.20 Å². The van der Waals surface area contributed by atoms with Crippen LogP contribution in [0.25, 0.3) is 10.9 Å². The molecule has 0 saturated carbocycles. The normalized spacial score (nSPS) is 12.1. The van der Waals surface area contributed by atoms with Gasteiger partial charge in [0.25, 0.3) is 0 Å². The molecule has 0 spiro atoms. The molecule has 0 radical (unpaired) electrons. The van der Waals surface area contributed by atoms with Gasteiger partial charge in [-0.15, -0.1) is 0 Å². The first kappa shape index (κ1) is 6.23. The van der Waals surface area contributed by atoms with Crippen molar-refractivity contribution in [3.63, 3.8) is 0 Å². The highest BCUT2D eigenvalue weighted by atomic mass is 14.9. The van der Waals surface area contributed by atoms with E-state index in [4.69, 9.17) is 1.37 Å². The zero-order valence-electron chi connectivity index (χ0n) is 8.55. The maximum atomic E-state index is 7.89. The molecule has 0 aromatic carbocycles. The summed E-state index contributed by atoms with van der Waals surface area (Å²) in [6, 6.07) is 2.55. The summed E-state index contributed by atoms with van der Waals surface area (Å²) < 4.78 is 9.92. The molecule has 2 heteroatoms. The summed E-state index contributed by atoms with van der Waals surface area (Å²) in [6.45, 7) is 3.90. The quantitative estimate of drug-likeness (QED) is 0.580. The molecule has 12 heavy (non-hydrogen) atoms. The Morgan fingerprint density at radius 3 is 2.92 bits per heavy atom. The van der Waals surface area contributed by atoms with Gasteiger partial charge < -0.3 is 4.57 Å². The predicted octanol–water partition coefficient (Wildman–Crippen LogP) is 2.19. The summed E-state index contributed by atoms with van der Waals surface area (Å²) in [7, 11) is 1.98. The van der Waals surface area contributed by atoms with Gasteiger partial charge in [0.15, 0.2) is 0 Å². The Morgan fingerprint density at radius 1 is 1.50 bits per heavy atom. The number of nitrogens with zero attached hydrogens (tertiary/aromatic N) is 2. The van der Waals surface area contributed by atoms with Crippen molar-refractivity contribution in [3.05, 3.63) is 29.7 Å². The largest absolute Gasteiger partial charge is 0.348 e. The van der Waals surface area contributed by atoms with E-state index in [-0.39, 0.29) is 0 Å². The fourth-order valence-electron chi connectivity index (χ4n) is 1.43. The molecule has 0 unspecified atom stereocenters. The SMILES string of the molecule is [3H]c1c(C)n(C)c2ccnc(C)c12. The van der Waals surface area contributed by atoms with Crippen molar-refractivity contribution in [1.82, 2.24) is 9.55 Å². The fourth-order valence-corrected chi connectivity index (χ4v) is 1.43. The first-order valence-electron chi connectivity index (χ1n) is 4.50. The number of rotatable bonds is 0. The Kier molecular flexibility index (Phi) is 1.21. The topological polar surface area (TPSA) is 17.8 Å². The minimum absolute atomic E-state index is 0.600. The van der Waals surface area contributed by atoms with Gasteiger partial charge in [-0.25, -0.2) is 0 Å². The molecule has 0 aliphatic heterocycles. The fraction of sp³-hybridized carbons (Fsp3) is 0.300. The Morgan fingerprint density at radius 2 is 2.25 bits per heavy atom. The second kappa shape index (κ2) is 2.34. The number of hydrogen-bond acceptors (Lipinski definition) is 1. The molecule has 0 amide bonds. The molecule has 0 fully saturated rings. The van der Waals surface area contributed by atoms with Gasteiger partial charge in [0.05, 0.1) is 6.89 Å². The molecule has 62 valence electrons. The van der Waals surface area contributed by atoms with Crippen molar-refractivity contribution < 1.29 is 1.37 Å². The molecule has 0 bridgehead atoms. The third kappa shape index (κ3) is 0.843. The van der Waals surface area contributed by atoms with Crippen molar-refractivity contribution in [2.75, 3.05) is 0 Å². The average molecular weight is 162 g/mol. The number of aryl methyl sites for hydroxylation is 2. The third-order valence-corrected chi connectivity index (χ3v) is 2.29. The molecule has 2 rings (SSSR count). The van der Waals surface area contributed by atoms with Gasteiger partial charge in [-0.1, -0.05) is 0 Å². The van der Waals surface area contributed by atoms with Crippen LogP contribution in [0.2, 0.25) is 0 Å². The zero-order chi connectivity index (χ0) is 9.59. The molecule has 2 aromatic heterocycles. The van der Waals surface area contributed by atoms with E-state index >= 15 is 0 Å². The lowest BCUT2D eigenvalue weighted by molar-refractivity contribution is 0.917. The zero-order valence-corrected chi connectivity index (χ0v) is 7.55. The Balaban J connectivity index is 3.03. The van der Waals surface area contributed by atoms with E-state index in [9.17, 15) is 0 Å². The maximum Gasteiger partial charge on any atom is 0.0649 e. The first-order valence-corrected chi connectivity index (χ1v) is 4.00. The highest BCUT2D eigenvalue weighted by molar-refractivity contribution is 5.82. The maximum absolute atomic E-state index is 7.89. The lowest BCUT2D eigenvalue weighted by atomic mass is 10.2. The lowest BCUT2D eigenvalue weighted by Gasteiger charge is -1.98. The van der Waals surface area contributed by atoms with Crippen molar-refractivity contribution in [3.8, 4) is 0 Å². The molecule has 0 saturated heterocycles. The van der Waals surface area contributed by atoms with Crippen LogP contribution in [0.1, 0.15) is 12.8 Å². The second-order valence-electron chi connectivity index (χ2n) is 3.06. The van der Waals surface area contributed by atoms with Crippen LogP contribution in [-0.2, 0) is 7.05 Å². The third-order valence-electron chi connectivity index (χ3n) is 2.29. The van der Waals surface area contributed by atoms with E-state index in [0.29, 0.717) is 6.04 Å². The van der Waals surface area contributed by atoms with Gasteiger partial charge in [-0.3, -0.25) is 4.98 Å². The monoisotopic (exact) mass is 162 g/mol. The van der Waals surface area contributed by atoms with Crippen LogP contribution >= 0.6 is 0 Å². The van der Waals surface area contributed by atoms with E-state index < -0.39 is 0 Å². The molecule has 0 aliphatic rings. The molecule has 0 N–H and O–H groups in total. The van der Waals surface area contributed by atoms with E-state index in [2.05, 4.69) is 4.98 Å². The van der Waals surface area contributed by atoms with Crippen molar-refractivity contribution in [1.29, 1.82) is 0 Å². The van der Waals surface area contributed by atoms with Gasteiger partial charge in [-0.05, 0) is 26.0 Å². The highest BCUT2D eigenvalue weighted by Crippen LogP contribution is 2.19. The molecule has 0 aliphatic carbocycles. The minimum atomic E-state index is 0.600. The number of fused-ring (bicyclic) bond motifs is 1. The Hall–Kier alpha value is -1.31. The van der Waals surface area contributed by atoms with Crippen molar-refractivity contribution >= 4 is 10.9 Å². The minimum Gasteiger partial charge on any atom is -0.348 e. The average Bonchev–Trinajstić information content (AvgIpc) is 2.33. The van der Waals surface area contributed by atoms with Crippen molar-refractivity contribution in [2.24, 2.45) is 7.05 Å². The van der Waals surface area contributed by atoms with Crippen molar-refractivity contribution in [2.45, 2.75) is 13.8 Å². The van der Waals surface area contributed by atoms with Crippen LogP contribution in [0.4, 0.5) is 0 Å². The van der Waals surface area contributed by atoms with Gasteiger partial charge in [0, 0.05) is 30.0 Å². The molecule has 2 heterocycles. The van der Waals surface area contributed by atoms with Crippen LogP contribution in [0.3, 0.4) is 0 Å². The summed E-state index contributed by atoms with van der Waals surface area (Å²) in [5.74, 6) is 0. The molecule has 2 aromatic rings. The second-order valence-corrected chi connectivity index (χ2v) is 3.06. The number of pyridine rings is 1. The van der Waals surface area contributed by atoms with Crippen LogP contribution < -0.4 is 0 Å². The molecule has 0 atom stereocenters. The number of aromatic nitrogens is 2. The standard InChI is InChI=1S/C10H12N2/c1-7-6-9-8(2)11-5-4-10(9)12(7)3/h4-6H,1-3H3/i6T. The van der Waals surface area contributed by atoms with E-state index in [0.717, 1.165) is 22.3 Å². The predicted molar refractivity (Wildman–Crippen MR) is 50.2 cm³/mol. The number of hydrogen-bond donors (Lipinski definition) is 0. The van der Waals surface area contributed by atoms with Crippen LogP contribution in [0, 0.1) is 13.8 Å². The smallest absolute Gasteiger partial charge is 0.0649 e. The van der Waals surface area contributed by atoms with Crippen LogP contribution in [0.15, 0.2) is 18.3 Å². The molecule has 2 nitrogen and oxygen atoms in total. The van der Waals surface area contributed by atoms with Gasteiger partial charge in [0.1, 0.15) is 0 Å².